The van der Waals surface area contributed by atoms with E-state index in [-0.39, 0.29) is 0 Å². The average Bonchev–Trinajstić information content (AvgIpc) is 2.17. The Morgan fingerprint density at radius 3 is 2.58 bits per heavy atom. The van der Waals surface area contributed by atoms with Crippen molar-refractivity contribution >= 4 is 5.57 Å². The summed E-state index contributed by atoms with van der Waals surface area (Å²) in [5.41, 5.74) is 2.49. The van der Waals surface area contributed by atoms with Gasteiger partial charge < -0.3 is 0 Å². The molecule has 1 heteroatoms. The maximum Gasteiger partial charge on any atom is 0.0701 e. The van der Waals surface area contributed by atoms with Crippen molar-refractivity contribution in [1.82, 2.24) is 4.98 Å². The van der Waals surface area contributed by atoms with Crippen molar-refractivity contribution in [2.75, 3.05) is 0 Å². The SMILES string of the molecule is C=CC(=C)C(=C)c1ccccn1. The summed E-state index contributed by atoms with van der Waals surface area (Å²) in [4.78, 5) is 4.14. The number of hydrogen-bond acceptors (Lipinski definition) is 1. The molecule has 0 N–H and O–H groups in total. The zero-order valence-electron chi connectivity index (χ0n) is 6.96. The number of rotatable bonds is 3. The molecule has 0 amide bonds. The Morgan fingerprint density at radius 2 is 2.08 bits per heavy atom. The third-order valence-corrected chi connectivity index (χ3v) is 1.61. The zero-order chi connectivity index (χ0) is 8.97. The minimum absolute atomic E-state index is 0.814. The van der Waals surface area contributed by atoms with Gasteiger partial charge in [-0.3, -0.25) is 4.98 Å². The summed E-state index contributed by atoms with van der Waals surface area (Å²) in [6.45, 7) is 11.3. The summed E-state index contributed by atoms with van der Waals surface area (Å²) < 4.78 is 0. The largest absolute Gasteiger partial charge is 0.256 e. The predicted molar refractivity (Wildman–Crippen MR) is 52.6 cm³/mol. The first-order valence-corrected chi connectivity index (χ1v) is 3.67. The average molecular weight is 157 g/mol. The number of allylic oxidation sites excluding steroid dienone is 3. The van der Waals surface area contributed by atoms with Crippen LogP contribution in [0.25, 0.3) is 5.57 Å². The molecule has 0 saturated carbocycles. The summed E-state index contributed by atoms with van der Waals surface area (Å²) in [7, 11) is 0. The molecule has 0 aliphatic heterocycles. The van der Waals surface area contributed by atoms with Gasteiger partial charge in [0, 0.05) is 6.20 Å². The molecule has 0 fully saturated rings. The fraction of sp³-hybridized carbons (Fsp3) is 0. The summed E-state index contributed by atoms with van der Waals surface area (Å²) in [5, 5.41) is 0. The van der Waals surface area contributed by atoms with Crippen molar-refractivity contribution in [3.63, 3.8) is 0 Å². The topological polar surface area (TPSA) is 12.9 Å². The van der Waals surface area contributed by atoms with Crippen LogP contribution in [0.1, 0.15) is 5.69 Å². The molecule has 0 bridgehead atoms. The van der Waals surface area contributed by atoms with Crippen LogP contribution in [0.2, 0.25) is 0 Å². The summed E-state index contributed by atoms with van der Waals surface area (Å²) >= 11 is 0. The van der Waals surface area contributed by atoms with Crippen LogP contribution in [-0.2, 0) is 0 Å². The second-order valence-corrected chi connectivity index (χ2v) is 2.42. The highest BCUT2D eigenvalue weighted by Gasteiger charge is 1.99. The number of pyridine rings is 1. The molecule has 12 heavy (non-hydrogen) atoms. The van der Waals surface area contributed by atoms with E-state index in [1.165, 1.54) is 0 Å². The van der Waals surface area contributed by atoms with E-state index in [2.05, 4.69) is 24.7 Å². The van der Waals surface area contributed by atoms with Gasteiger partial charge in [0.2, 0.25) is 0 Å². The van der Waals surface area contributed by atoms with Gasteiger partial charge in [0.05, 0.1) is 5.69 Å². The van der Waals surface area contributed by atoms with E-state index in [1.54, 1.807) is 12.3 Å². The van der Waals surface area contributed by atoms with Crippen LogP contribution >= 0.6 is 0 Å². The molecule has 0 saturated heterocycles. The van der Waals surface area contributed by atoms with Gasteiger partial charge in [-0.1, -0.05) is 31.9 Å². The van der Waals surface area contributed by atoms with Crippen LogP contribution in [0.3, 0.4) is 0 Å². The van der Waals surface area contributed by atoms with Gasteiger partial charge in [-0.05, 0) is 23.3 Å². The maximum atomic E-state index is 4.14. The molecule has 0 unspecified atom stereocenters. The lowest BCUT2D eigenvalue weighted by atomic mass is 10.1. The second kappa shape index (κ2) is 3.67. The monoisotopic (exact) mass is 157 g/mol. The molecular weight excluding hydrogens is 146 g/mol. The highest BCUT2D eigenvalue weighted by atomic mass is 14.7. The van der Waals surface area contributed by atoms with Crippen LogP contribution in [0.15, 0.2) is 55.8 Å². The highest BCUT2D eigenvalue weighted by Crippen LogP contribution is 2.17. The van der Waals surface area contributed by atoms with E-state index in [1.807, 2.05) is 18.2 Å². The molecule has 60 valence electrons. The van der Waals surface area contributed by atoms with Crippen LogP contribution < -0.4 is 0 Å². The van der Waals surface area contributed by atoms with Gasteiger partial charge in [-0.15, -0.1) is 0 Å². The van der Waals surface area contributed by atoms with E-state index < -0.39 is 0 Å². The Kier molecular flexibility index (Phi) is 2.59. The molecule has 1 aromatic rings. The molecule has 0 aliphatic carbocycles. The van der Waals surface area contributed by atoms with Crippen molar-refractivity contribution in [2.24, 2.45) is 0 Å². The third-order valence-electron chi connectivity index (χ3n) is 1.61. The van der Waals surface area contributed by atoms with Gasteiger partial charge in [-0.25, -0.2) is 0 Å². The first-order valence-electron chi connectivity index (χ1n) is 3.67. The molecule has 1 rings (SSSR count). The fourth-order valence-corrected chi connectivity index (χ4v) is 0.829. The number of hydrogen-bond donors (Lipinski definition) is 0. The molecule has 0 spiro atoms. The fourth-order valence-electron chi connectivity index (χ4n) is 0.829. The highest BCUT2D eigenvalue weighted by molar-refractivity contribution is 5.77. The van der Waals surface area contributed by atoms with Crippen molar-refractivity contribution in [3.8, 4) is 0 Å². The molecule has 1 aromatic heterocycles. The minimum atomic E-state index is 0.814. The van der Waals surface area contributed by atoms with Gasteiger partial charge >= 0.3 is 0 Å². The van der Waals surface area contributed by atoms with Crippen LogP contribution in [0.5, 0.6) is 0 Å². The lowest BCUT2D eigenvalue weighted by molar-refractivity contribution is 1.28. The smallest absolute Gasteiger partial charge is 0.0701 e. The molecule has 0 radical (unpaired) electrons. The molecule has 0 atom stereocenters. The lowest BCUT2D eigenvalue weighted by Gasteiger charge is -2.02. The lowest BCUT2D eigenvalue weighted by Crippen LogP contribution is -1.87. The Morgan fingerprint density at radius 1 is 1.33 bits per heavy atom. The maximum absolute atomic E-state index is 4.14. The van der Waals surface area contributed by atoms with E-state index in [0.29, 0.717) is 0 Å². The number of nitrogens with zero attached hydrogens (tertiary/aromatic N) is 1. The quantitative estimate of drug-likeness (QED) is 0.615. The molecule has 1 heterocycles. The van der Waals surface area contributed by atoms with Crippen LogP contribution in [-0.4, -0.2) is 4.98 Å². The van der Waals surface area contributed by atoms with Crippen LogP contribution in [0, 0.1) is 0 Å². The zero-order valence-corrected chi connectivity index (χ0v) is 6.96. The summed E-state index contributed by atoms with van der Waals surface area (Å²) in [6, 6.07) is 5.69. The van der Waals surface area contributed by atoms with Crippen molar-refractivity contribution in [3.05, 3.63) is 61.5 Å². The normalized spacial score (nSPS) is 9.00. The first-order chi connectivity index (χ1) is 5.75. The van der Waals surface area contributed by atoms with Crippen molar-refractivity contribution in [1.29, 1.82) is 0 Å². The van der Waals surface area contributed by atoms with Gasteiger partial charge in [0.1, 0.15) is 0 Å². The van der Waals surface area contributed by atoms with Gasteiger partial charge in [0.15, 0.2) is 0 Å². The van der Waals surface area contributed by atoms with E-state index >= 15 is 0 Å². The van der Waals surface area contributed by atoms with E-state index in [4.69, 9.17) is 0 Å². The first kappa shape index (κ1) is 8.47. The molecule has 1 nitrogen and oxygen atoms in total. The Balaban J connectivity index is 2.93. The molecular formula is C11H11N. The Hall–Kier alpha value is -1.63. The van der Waals surface area contributed by atoms with E-state index in [0.717, 1.165) is 16.8 Å². The standard InChI is InChI=1S/C11H11N/c1-4-9(2)10(3)11-7-5-6-8-12-11/h4-8H,1-3H2. The Labute approximate surface area is 72.8 Å². The predicted octanol–water partition coefficient (Wildman–Crippen LogP) is 2.84. The third kappa shape index (κ3) is 1.70. The van der Waals surface area contributed by atoms with E-state index in [9.17, 15) is 0 Å². The summed E-state index contributed by atoms with van der Waals surface area (Å²) in [6.07, 6.45) is 3.41. The Bertz CT molecular complexity index is 309. The van der Waals surface area contributed by atoms with Gasteiger partial charge in [0.25, 0.3) is 0 Å². The minimum Gasteiger partial charge on any atom is -0.256 e. The number of aromatic nitrogens is 1. The van der Waals surface area contributed by atoms with Gasteiger partial charge in [-0.2, -0.15) is 0 Å². The molecule has 0 aliphatic rings. The summed E-state index contributed by atoms with van der Waals surface area (Å²) in [5.74, 6) is 0. The van der Waals surface area contributed by atoms with Crippen molar-refractivity contribution in [2.45, 2.75) is 0 Å². The van der Waals surface area contributed by atoms with Crippen LogP contribution in [0.4, 0.5) is 0 Å². The van der Waals surface area contributed by atoms with Crippen molar-refractivity contribution < 1.29 is 0 Å². The second-order valence-electron chi connectivity index (χ2n) is 2.42. The molecule has 0 aromatic carbocycles.